The van der Waals surface area contributed by atoms with Gasteiger partial charge in [-0.05, 0) is 57.7 Å². The first kappa shape index (κ1) is 18.2. The summed E-state index contributed by atoms with van der Waals surface area (Å²) in [6, 6.07) is 6.26. The smallest absolute Gasteiger partial charge is 0.336 e. The number of hydrogen-bond donors (Lipinski definition) is 3. The molecule has 1 heterocycles. The van der Waals surface area contributed by atoms with Gasteiger partial charge in [-0.3, -0.25) is 0 Å². The molecule has 0 spiro atoms. The Morgan fingerprint density at radius 2 is 2.04 bits per heavy atom. The minimum absolute atomic E-state index is 0.0810. The van der Waals surface area contributed by atoms with Gasteiger partial charge in [-0.15, -0.1) is 0 Å². The van der Waals surface area contributed by atoms with E-state index in [0.717, 1.165) is 16.5 Å². The van der Waals surface area contributed by atoms with Crippen LogP contribution in [-0.4, -0.2) is 27.0 Å². The minimum Gasteiger partial charge on any atom is -0.508 e. The average molecular weight is 332 g/mol. The highest BCUT2D eigenvalue weighted by Crippen LogP contribution is 2.25. The highest BCUT2D eigenvalue weighted by Gasteiger charge is 2.23. The largest absolute Gasteiger partial charge is 0.508 e. The van der Waals surface area contributed by atoms with Gasteiger partial charge in [0.1, 0.15) is 11.3 Å². The molecule has 1 unspecified atom stereocenters. The van der Waals surface area contributed by atoms with Gasteiger partial charge in [0.2, 0.25) is 0 Å². The highest BCUT2D eigenvalue weighted by atomic mass is 16.4. The molecule has 0 saturated carbocycles. The van der Waals surface area contributed by atoms with Gasteiger partial charge in [-0.2, -0.15) is 0 Å². The molecular formula is C19H24O5. The molecule has 1 aromatic heterocycles. The SMILES string of the molecule is CC(=CCc1cc2ccc(=O)oc2cc1O)CCC(O)C(C)(C)O. The van der Waals surface area contributed by atoms with E-state index in [4.69, 9.17) is 4.42 Å². The van der Waals surface area contributed by atoms with Crippen LogP contribution in [0.25, 0.3) is 11.0 Å². The molecule has 5 nitrogen and oxygen atoms in total. The maximum absolute atomic E-state index is 11.2. The Labute approximate surface area is 140 Å². The molecule has 0 fully saturated rings. The number of rotatable bonds is 6. The van der Waals surface area contributed by atoms with Crippen LogP contribution in [0.2, 0.25) is 0 Å². The molecule has 2 rings (SSSR count). The fraction of sp³-hybridized carbons (Fsp3) is 0.421. The molecule has 24 heavy (non-hydrogen) atoms. The van der Waals surface area contributed by atoms with Gasteiger partial charge in [0.15, 0.2) is 0 Å². The van der Waals surface area contributed by atoms with E-state index < -0.39 is 17.3 Å². The predicted molar refractivity (Wildman–Crippen MR) is 93.1 cm³/mol. The number of hydrogen-bond acceptors (Lipinski definition) is 5. The zero-order valence-corrected chi connectivity index (χ0v) is 14.2. The van der Waals surface area contributed by atoms with Crippen LogP contribution >= 0.6 is 0 Å². The second-order valence-corrected chi connectivity index (χ2v) is 6.74. The maximum atomic E-state index is 11.2. The number of aliphatic hydroxyl groups excluding tert-OH is 1. The van der Waals surface area contributed by atoms with Crippen molar-refractivity contribution in [3.8, 4) is 5.75 Å². The van der Waals surface area contributed by atoms with Gasteiger partial charge in [-0.1, -0.05) is 11.6 Å². The van der Waals surface area contributed by atoms with Gasteiger partial charge in [0, 0.05) is 17.5 Å². The van der Waals surface area contributed by atoms with Crippen molar-refractivity contribution in [1.29, 1.82) is 0 Å². The van der Waals surface area contributed by atoms with Gasteiger partial charge in [0.05, 0.1) is 11.7 Å². The second kappa shape index (κ2) is 7.20. The molecule has 1 aromatic carbocycles. The standard InChI is InChI=1S/C19H24O5/c1-12(5-8-17(21)19(2,3)23)4-6-13-10-14-7-9-18(22)24-16(14)11-15(13)20/h4,7,9-11,17,20-21,23H,5-6,8H2,1-3H3. The first-order valence-electron chi connectivity index (χ1n) is 7.98. The number of allylic oxidation sites excluding steroid dienone is 2. The third-order valence-corrected chi connectivity index (χ3v) is 4.12. The molecule has 3 N–H and O–H groups in total. The lowest BCUT2D eigenvalue weighted by Crippen LogP contribution is -2.35. The molecule has 0 aliphatic heterocycles. The first-order chi connectivity index (χ1) is 11.2. The van der Waals surface area contributed by atoms with Gasteiger partial charge in [-0.25, -0.2) is 4.79 Å². The third kappa shape index (κ3) is 4.69. The number of aromatic hydroxyl groups is 1. The second-order valence-electron chi connectivity index (χ2n) is 6.74. The first-order valence-corrected chi connectivity index (χ1v) is 7.98. The fourth-order valence-electron chi connectivity index (χ4n) is 2.42. The van der Waals surface area contributed by atoms with E-state index in [2.05, 4.69) is 0 Å². The summed E-state index contributed by atoms with van der Waals surface area (Å²) in [5, 5.41) is 30.4. The van der Waals surface area contributed by atoms with Gasteiger partial charge < -0.3 is 19.7 Å². The van der Waals surface area contributed by atoms with Crippen molar-refractivity contribution in [3.63, 3.8) is 0 Å². The molecule has 0 saturated heterocycles. The van der Waals surface area contributed by atoms with E-state index in [0.29, 0.717) is 24.8 Å². The Bertz CT molecular complexity index is 795. The summed E-state index contributed by atoms with van der Waals surface area (Å²) in [5.41, 5.74) is 0.602. The lowest BCUT2D eigenvalue weighted by molar-refractivity contribution is -0.0509. The van der Waals surface area contributed by atoms with Crippen molar-refractivity contribution < 1.29 is 19.7 Å². The number of phenolic OH excluding ortho intramolecular Hbond substituents is 1. The van der Waals surface area contributed by atoms with Crippen molar-refractivity contribution in [3.05, 3.63) is 51.9 Å². The van der Waals surface area contributed by atoms with Crippen LogP contribution in [0.5, 0.6) is 5.75 Å². The van der Waals surface area contributed by atoms with E-state index >= 15 is 0 Å². The van der Waals surface area contributed by atoms with Crippen LogP contribution in [0.1, 0.15) is 39.2 Å². The van der Waals surface area contributed by atoms with Crippen molar-refractivity contribution in [2.75, 3.05) is 0 Å². The summed E-state index contributed by atoms with van der Waals surface area (Å²) in [6.45, 7) is 5.12. The summed E-state index contributed by atoms with van der Waals surface area (Å²) < 4.78 is 5.04. The molecule has 5 heteroatoms. The van der Waals surface area contributed by atoms with E-state index in [-0.39, 0.29) is 5.75 Å². The fourth-order valence-corrected chi connectivity index (χ4v) is 2.42. The van der Waals surface area contributed by atoms with Crippen LogP contribution in [0.4, 0.5) is 0 Å². The molecule has 0 bridgehead atoms. The van der Waals surface area contributed by atoms with E-state index in [9.17, 15) is 20.1 Å². The zero-order chi connectivity index (χ0) is 17.9. The Balaban J connectivity index is 2.07. The van der Waals surface area contributed by atoms with Crippen molar-refractivity contribution >= 4 is 11.0 Å². The molecule has 0 radical (unpaired) electrons. The van der Waals surface area contributed by atoms with E-state index in [1.165, 1.54) is 12.1 Å². The topological polar surface area (TPSA) is 90.9 Å². The number of phenols is 1. The Hall–Kier alpha value is -2.11. The molecule has 130 valence electrons. The number of benzene rings is 1. The molecule has 1 atom stereocenters. The minimum atomic E-state index is -1.11. The van der Waals surface area contributed by atoms with Crippen LogP contribution in [0.3, 0.4) is 0 Å². The summed E-state index contributed by atoms with van der Waals surface area (Å²) in [6.07, 6.45) is 2.87. The highest BCUT2D eigenvalue weighted by molar-refractivity contribution is 5.79. The normalized spacial score (nSPS) is 14.1. The summed E-state index contributed by atoms with van der Waals surface area (Å²) >= 11 is 0. The van der Waals surface area contributed by atoms with Crippen LogP contribution in [0, 0.1) is 0 Å². The van der Waals surface area contributed by atoms with E-state index in [1.54, 1.807) is 26.0 Å². The summed E-state index contributed by atoms with van der Waals surface area (Å²) in [4.78, 5) is 11.2. The van der Waals surface area contributed by atoms with Crippen molar-refractivity contribution in [1.82, 2.24) is 0 Å². The molecule has 0 aliphatic rings. The predicted octanol–water partition coefficient (Wildman–Crippen LogP) is 2.90. The molecule has 0 aliphatic carbocycles. The van der Waals surface area contributed by atoms with Gasteiger partial charge >= 0.3 is 5.63 Å². The van der Waals surface area contributed by atoms with Gasteiger partial charge in [0.25, 0.3) is 0 Å². The van der Waals surface area contributed by atoms with Crippen LogP contribution < -0.4 is 5.63 Å². The maximum Gasteiger partial charge on any atom is 0.336 e. The molecule has 2 aromatic rings. The van der Waals surface area contributed by atoms with Crippen LogP contribution in [0.15, 0.2) is 45.1 Å². The lowest BCUT2D eigenvalue weighted by atomic mass is 9.95. The zero-order valence-electron chi connectivity index (χ0n) is 14.2. The van der Waals surface area contributed by atoms with Crippen molar-refractivity contribution in [2.45, 2.75) is 51.7 Å². The number of fused-ring (bicyclic) bond motifs is 1. The Morgan fingerprint density at radius 3 is 2.71 bits per heavy atom. The lowest BCUT2D eigenvalue weighted by Gasteiger charge is -2.24. The third-order valence-electron chi connectivity index (χ3n) is 4.12. The van der Waals surface area contributed by atoms with E-state index in [1.807, 2.05) is 13.0 Å². The number of aliphatic hydroxyl groups is 2. The summed E-state index contributed by atoms with van der Waals surface area (Å²) in [5.74, 6) is 0.0810. The van der Waals surface area contributed by atoms with Crippen LogP contribution in [-0.2, 0) is 6.42 Å². The molecular weight excluding hydrogens is 308 g/mol. The summed E-state index contributed by atoms with van der Waals surface area (Å²) in [7, 11) is 0. The monoisotopic (exact) mass is 332 g/mol. The van der Waals surface area contributed by atoms with Crippen molar-refractivity contribution in [2.24, 2.45) is 0 Å². The quantitative estimate of drug-likeness (QED) is 0.559. The molecule has 0 amide bonds. The Kier molecular flexibility index (Phi) is 5.47. The average Bonchev–Trinajstić information content (AvgIpc) is 2.49. The Morgan fingerprint density at radius 1 is 1.33 bits per heavy atom.